The van der Waals surface area contributed by atoms with E-state index in [-0.39, 0.29) is 63.7 Å². The number of carbonyl (C=O) groups excluding carboxylic acids is 1. The molecule has 0 spiro atoms. The minimum atomic E-state index is -1.28. The molecular formula is C48H52N4O9. The first-order chi connectivity index (χ1) is 29.4. The highest BCUT2D eigenvalue weighted by molar-refractivity contribution is 5.92. The zero-order valence-electron chi connectivity index (χ0n) is 34.8. The van der Waals surface area contributed by atoms with Gasteiger partial charge in [-0.3, -0.25) is 4.79 Å². The van der Waals surface area contributed by atoms with E-state index in [0.29, 0.717) is 54.7 Å². The number of phenolic OH excluding ortho intramolecular Hbond substituents is 2. The maximum atomic E-state index is 14.2. The number of carbonyl (C=O) groups is 1. The molecule has 13 nitrogen and oxygen atoms in total. The molecule has 13 heteroatoms. The van der Waals surface area contributed by atoms with Crippen LogP contribution in [0.3, 0.4) is 0 Å². The second-order valence-electron chi connectivity index (χ2n) is 17.2. The van der Waals surface area contributed by atoms with Crippen molar-refractivity contribution in [3.8, 4) is 17.2 Å². The number of ether oxygens (including phenoxy) is 2. The van der Waals surface area contributed by atoms with Gasteiger partial charge in [-0.25, -0.2) is 14.8 Å². The number of aliphatic hydroxyl groups excluding tert-OH is 2. The van der Waals surface area contributed by atoms with Crippen LogP contribution < -0.4 is 21.2 Å². The number of aryl methyl sites for hydroxylation is 2. The number of phenols is 2. The number of aromatic hydroxyl groups is 2. The van der Waals surface area contributed by atoms with Crippen LogP contribution in [0.4, 0.5) is 11.6 Å². The lowest BCUT2D eigenvalue weighted by atomic mass is 9.62. The van der Waals surface area contributed by atoms with Crippen LogP contribution in [-0.2, 0) is 41.8 Å². The van der Waals surface area contributed by atoms with Crippen molar-refractivity contribution < 1.29 is 39.1 Å². The van der Waals surface area contributed by atoms with Gasteiger partial charge in [-0.15, -0.1) is 0 Å². The molecule has 318 valence electrons. The number of pyridine rings is 2. The molecule has 0 unspecified atom stereocenters. The summed E-state index contributed by atoms with van der Waals surface area (Å²) in [5, 5.41) is 48.7. The Morgan fingerprint density at radius 2 is 1.84 bits per heavy atom. The first-order valence-electron chi connectivity index (χ1n) is 21.3. The van der Waals surface area contributed by atoms with Crippen molar-refractivity contribution in [2.75, 3.05) is 24.2 Å². The highest BCUT2D eigenvalue weighted by Gasteiger charge is 2.57. The third kappa shape index (κ3) is 6.51. The summed E-state index contributed by atoms with van der Waals surface area (Å²) in [5.41, 5.74) is 11.6. The fourth-order valence-corrected chi connectivity index (χ4v) is 11.0. The predicted molar refractivity (Wildman–Crippen MR) is 229 cm³/mol. The van der Waals surface area contributed by atoms with Crippen LogP contribution in [0.1, 0.15) is 109 Å². The molecule has 7 atom stereocenters. The van der Waals surface area contributed by atoms with Gasteiger partial charge in [0, 0.05) is 71.4 Å². The second-order valence-corrected chi connectivity index (χ2v) is 17.2. The Labute approximate surface area is 353 Å². The first kappa shape index (κ1) is 40.5. The molecule has 2 aromatic carbocycles. The largest absolute Gasteiger partial charge is 0.508 e. The van der Waals surface area contributed by atoms with Gasteiger partial charge in [0.15, 0.2) is 5.43 Å². The number of aliphatic hydroxyl groups is 2. The van der Waals surface area contributed by atoms with Crippen LogP contribution >= 0.6 is 0 Å². The fraction of sp³-hybridized carbons (Fsp3) is 0.417. The standard InChI is InChI=1S/C48H52N4O9/c1-5-23(3)47(58)60-37-19-33-43(57)41-36(56)18-28(21-53)59-45(41)42-39-31-13-14-51-46(49)40(31)30(12-8-24-7-10-27(55)17-32(24)34(39)22-54)29-11-9-25-16-38(50-6-2)52-20-26(25)15-35(29)48(37,4)61-44(33)42/h5,7,10,13-14,16-18,20,29-30,34-35,37,39,53-55,57H,6,8-9,11-12,15,19,21-22H2,1-4H3,(H2,49,51)(H,50,52)/b23-5-/t29-,30+,34-,35+,37-,39+,48+/m1/s1. The molecule has 4 bridgehead atoms. The number of aromatic nitrogens is 2. The summed E-state index contributed by atoms with van der Waals surface area (Å²) in [6, 6.07) is 10.4. The number of nitrogens with one attached hydrogen (secondary N) is 1. The van der Waals surface area contributed by atoms with Crippen LogP contribution in [0, 0.1) is 11.8 Å². The summed E-state index contributed by atoms with van der Waals surface area (Å²) in [6.45, 7) is 7.17. The van der Waals surface area contributed by atoms with Crippen LogP contribution in [0.25, 0.3) is 11.0 Å². The molecule has 5 heterocycles. The van der Waals surface area contributed by atoms with Gasteiger partial charge in [0.1, 0.15) is 63.9 Å². The lowest BCUT2D eigenvalue weighted by Crippen LogP contribution is -2.59. The van der Waals surface area contributed by atoms with E-state index in [1.165, 1.54) is 0 Å². The maximum absolute atomic E-state index is 14.2. The average Bonchev–Trinajstić information content (AvgIpc) is 3.41. The lowest BCUT2D eigenvalue weighted by Gasteiger charge is -2.51. The Morgan fingerprint density at radius 3 is 2.59 bits per heavy atom. The topological polar surface area (TPSA) is 210 Å². The highest BCUT2D eigenvalue weighted by Crippen LogP contribution is 2.60. The molecule has 0 fully saturated rings. The van der Waals surface area contributed by atoms with Gasteiger partial charge < -0.3 is 45.4 Å². The molecule has 7 N–H and O–H groups in total. The Kier molecular flexibility index (Phi) is 10.3. The number of rotatable bonds is 6. The molecule has 0 amide bonds. The summed E-state index contributed by atoms with van der Waals surface area (Å²) in [7, 11) is 0. The van der Waals surface area contributed by atoms with Crippen LogP contribution in [0.15, 0.2) is 69.7 Å². The van der Waals surface area contributed by atoms with E-state index in [2.05, 4.69) is 11.4 Å². The van der Waals surface area contributed by atoms with Crippen molar-refractivity contribution >= 4 is 28.6 Å². The molecule has 3 aromatic heterocycles. The van der Waals surface area contributed by atoms with Gasteiger partial charge in [0.05, 0.1) is 6.61 Å². The van der Waals surface area contributed by atoms with Crippen LogP contribution in [0.5, 0.6) is 17.2 Å². The molecular weight excluding hydrogens is 777 g/mol. The summed E-state index contributed by atoms with van der Waals surface area (Å²) < 4.78 is 20.5. The molecule has 5 aromatic rings. The van der Waals surface area contributed by atoms with E-state index >= 15 is 0 Å². The number of nitrogens with zero attached hydrogens (tertiary/aromatic N) is 2. The molecule has 2 aliphatic carbocycles. The minimum Gasteiger partial charge on any atom is -0.508 e. The van der Waals surface area contributed by atoms with Gasteiger partial charge in [-0.05, 0) is 124 Å². The number of benzene rings is 2. The van der Waals surface area contributed by atoms with Crippen molar-refractivity contribution in [1.82, 2.24) is 9.97 Å². The Bertz CT molecular complexity index is 2670. The maximum Gasteiger partial charge on any atom is 0.333 e. The van der Waals surface area contributed by atoms with Gasteiger partial charge in [-0.2, -0.15) is 0 Å². The zero-order valence-corrected chi connectivity index (χ0v) is 34.8. The third-order valence-electron chi connectivity index (χ3n) is 14.1. The summed E-state index contributed by atoms with van der Waals surface area (Å²) in [5.74, 6) is -1.99. The summed E-state index contributed by atoms with van der Waals surface area (Å²) in [6.07, 6.45) is 7.38. The number of esters is 1. The first-order valence-corrected chi connectivity index (χ1v) is 21.3. The number of allylic oxidation sites excluding steroid dienone is 1. The number of anilines is 2. The monoisotopic (exact) mass is 828 g/mol. The van der Waals surface area contributed by atoms with E-state index in [4.69, 9.17) is 29.6 Å². The Hall–Kier alpha value is -5.92. The average molecular weight is 829 g/mol. The van der Waals surface area contributed by atoms with Gasteiger partial charge in [-0.1, -0.05) is 12.1 Å². The normalized spacial score (nSPS) is 25.3. The van der Waals surface area contributed by atoms with Crippen molar-refractivity contribution in [2.45, 2.75) is 102 Å². The predicted octanol–water partition coefficient (Wildman–Crippen LogP) is 6.44. The molecule has 2 aliphatic heterocycles. The second kappa shape index (κ2) is 15.5. The van der Waals surface area contributed by atoms with Crippen molar-refractivity contribution in [3.63, 3.8) is 0 Å². The van der Waals surface area contributed by atoms with E-state index < -0.39 is 48.2 Å². The van der Waals surface area contributed by atoms with Crippen molar-refractivity contribution in [3.05, 3.63) is 121 Å². The number of fused-ring (bicyclic) bond motifs is 9. The van der Waals surface area contributed by atoms with E-state index in [1.807, 2.05) is 32.2 Å². The molecule has 0 radical (unpaired) electrons. The summed E-state index contributed by atoms with van der Waals surface area (Å²) >= 11 is 0. The fourth-order valence-electron chi connectivity index (χ4n) is 11.0. The Balaban J connectivity index is 1.45. The number of nitrogen functional groups attached to an aromatic ring is 1. The molecule has 0 saturated carbocycles. The van der Waals surface area contributed by atoms with Gasteiger partial charge in [0.25, 0.3) is 0 Å². The SMILES string of the molecule is C/C=C(/C)C(=O)O[C@@H]1Cc2c3c(c4oc(CO)cc(=O)c4c2O)[C@H]2c4ccnc(N)c4[C@@H](CCc4ccc(O)cc4[C@H]2CO)[C@H]2CCc4cc(NCC)ncc4C[C@@H]2[C@]1(C)O3. The highest BCUT2D eigenvalue weighted by atomic mass is 16.6. The van der Waals surface area contributed by atoms with E-state index in [0.717, 1.165) is 46.1 Å². The number of hydrogen-bond acceptors (Lipinski definition) is 13. The van der Waals surface area contributed by atoms with Crippen molar-refractivity contribution in [2.24, 2.45) is 11.8 Å². The zero-order chi connectivity index (χ0) is 42.9. The van der Waals surface area contributed by atoms with Gasteiger partial charge >= 0.3 is 5.97 Å². The lowest BCUT2D eigenvalue weighted by molar-refractivity contribution is -0.168. The van der Waals surface area contributed by atoms with E-state index in [9.17, 15) is 30.0 Å². The molecule has 0 saturated heterocycles. The smallest absolute Gasteiger partial charge is 0.333 e. The van der Waals surface area contributed by atoms with Gasteiger partial charge in [0.2, 0.25) is 0 Å². The number of nitrogens with two attached hydrogens (primary N) is 1. The van der Waals surface area contributed by atoms with E-state index in [1.54, 1.807) is 38.3 Å². The molecule has 9 rings (SSSR count). The van der Waals surface area contributed by atoms with Crippen molar-refractivity contribution in [1.29, 1.82) is 0 Å². The quantitative estimate of drug-likeness (QED) is 0.0805. The summed E-state index contributed by atoms with van der Waals surface area (Å²) in [4.78, 5) is 37.6. The number of hydrogen-bond donors (Lipinski definition) is 6. The minimum absolute atomic E-state index is 0.0118. The molecule has 61 heavy (non-hydrogen) atoms. The third-order valence-corrected chi connectivity index (χ3v) is 14.1. The molecule has 4 aliphatic rings. The Morgan fingerprint density at radius 1 is 1.03 bits per heavy atom. The van der Waals surface area contributed by atoms with Crippen LogP contribution in [0.2, 0.25) is 0 Å². The van der Waals surface area contributed by atoms with Crippen LogP contribution in [-0.4, -0.2) is 61.2 Å².